The molecule has 0 radical (unpaired) electrons. The Labute approximate surface area is 131 Å². The first-order valence-electron chi connectivity index (χ1n) is 6.64. The summed E-state index contributed by atoms with van der Waals surface area (Å²) in [5.41, 5.74) is 4.14. The van der Waals surface area contributed by atoms with E-state index in [0.717, 1.165) is 15.3 Å². The van der Waals surface area contributed by atoms with E-state index in [1.165, 1.54) is 23.5 Å². The number of hydroxylamine groups is 2. The molecule has 4 nitrogen and oxygen atoms in total. The number of nitrogens with zero attached hydrogens (tertiary/aromatic N) is 1. The van der Waals surface area contributed by atoms with Crippen LogP contribution in [0.15, 0.2) is 36.4 Å². The Morgan fingerprint density at radius 1 is 1.36 bits per heavy atom. The summed E-state index contributed by atoms with van der Waals surface area (Å²) in [6.45, 7) is 1.61. The number of amides is 2. The molecule has 0 spiro atoms. The number of hydrogen-bond acceptors (Lipinski definition) is 3. The average Bonchev–Trinajstić information content (AvgIpc) is 2.94. The summed E-state index contributed by atoms with van der Waals surface area (Å²) in [5.74, 6) is 5.47. The molecule has 4 N–H and O–H groups in total. The van der Waals surface area contributed by atoms with Crippen LogP contribution in [0.3, 0.4) is 0 Å². The van der Waals surface area contributed by atoms with Gasteiger partial charge in [-0.05, 0) is 36.8 Å². The minimum Gasteiger partial charge on any atom is -0.280 e. The van der Waals surface area contributed by atoms with Crippen LogP contribution in [0.5, 0.6) is 0 Å². The van der Waals surface area contributed by atoms with E-state index in [9.17, 15) is 14.4 Å². The zero-order chi connectivity index (χ0) is 16.1. The highest BCUT2D eigenvalue weighted by Gasteiger charge is 2.15. The van der Waals surface area contributed by atoms with Crippen molar-refractivity contribution in [2.45, 2.75) is 19.4 Å². The molecule has 2 amide bonds. The molecule has 114 valence electrons. The standard InChI is InChI=1S/C16H15FN2O2S/c1-11(19(21)16(18)20)2-7-14-8-9-15(22-14)10-12-3-5-13(17)6-4-12/h3-6,8-9,11,21H,10H2,1H3,(H2,18,20)/p+1. The quantitative estimate of drug-likeness (QED) is 0.518. The molecular formula is C16H16FN2O2S+. The lowest BCUT2D eigenvalue weighted by Gasteiger charge is -2.11. The van der Waals surface area contributed by atoms with Gasteiger partial charge in [-0.3, -0.25) is 10.9 Å². The average molecular weight is 319 g/mol. The fraction of sp³-hybridized carbons (Fsp3) is 0.188. The molecule has 1 atom stereocenters. The van der Waals surface area contributed by atoms with Gasteiger partial charge in [0.25, 0.3) is 0 Å². The number of hydrogen-bond donors (Lipinski definition) is 2. The maximum Gasteiger partial charge on any atom is 0.438 e. The van der Waals surface area contributed by atoms with Gasteiger partial charge in [-0.25, -0.2) is 9.18 Å². The third-order valence-electron chi connectivity index (χ3n) is 2.98. The largest absolute Gasteiger partial charge is 0.438 e. The minimum atomic E-state index is -0.690. The Bertz CT molecular complexity index is 716. The molecule has 0 aliphatic rings. The first kappa shape index (κ1) is 16.2. The molecule has 2 rings (SSSR count). The fourth-order valence-electron chi connectivity index (χ4n) is 1.80. The molecule has 6 heteroatoms. The molecule has 1 aromatic heterocycles. The molecule has 0 aliphatic carbocycles. The Morgan fingerprint density at radius 3 is 2.68 bits per heavy atom. The minimum absolute atomic E-state index is 0.246. The highest BCUT2D eigenvalue weighted by molar-refractivity contribution is 7.12. The van der Waals surface area contributed by atoms with Gasteiger partial charge in [0.1, 0.15) is 11.9 Å². The maximum atomic E-state index is 12.9. The number of halogens is 1. The number of rotatable bonds is 3. The van der Waals surface area contributed by atoms with Crippen LogP contribution in [-0.2, 0) is 6.42 Å². The summed E-state index contributed by atoms with van der Waals surface area (Å²) in [4.78, 5) is 12.9. The first-order chi connectivity index (χ1) is 10.5. The van der Waals surface area contributed by atoms with E-state index in [1.54, 1.807) is 19.1 Å². The van der Waals surface area contributed by atoms with Gasteiger partial charge in [0.2, 0.25) is 0 Å². The molecular weight excluding hydrogens is 303 g/mol. The number of thiophene rings is 1. The summed E-state index contributed by atoms with van der Waals surface area (Å²) >= 11 is 1.53. The highest BCUT2D eigenvalue weighted by Crippen LogP contribution is 2.19. The van der Waals surface area contributed by atoms with Crippen molar-refractivity contribution >= 4 is 17.4 Å². The van der Waals surface area contributed by atoms with E-state index in [4.69, 9.17) is 0 Å². The van der Waals surface area contributed by atoms with Crippen LogP contribution in [0.4, 0.5) is 9.18 Å². The van der Waals surface area contributed by atoms with Crippen LogP contribution < -0.4 is 5.73 Å². The van der Waals surface area contributed by atoms with Gasteiger partial charge in [0, 0.05) is 11.3 Å². The molecule has 0 saturated carbocycles. The lowest BCUT2D eigenvalue weighted by molar-refractivity contribution is -0.296. The number of benzene rings is 1. The van der Waals surface area contributed by atoms with Crippen molar-refractivity contribution in [1.82, 2.24) is 5.06 Å². The summed E-state index contributed by atoms with van der Waals surface area (Å²) in [7, 11) is 0. The molecule has 1 heterocycles. The highest BCUT2D eigenvalue weighted by atomic mass is 32.1. The lowest BCUT2D eigenvalue weighted by atomic mass is 10.1. The molecule has 0 bridgehead atoms. The van der Waals surface area contributed by atoms with Gasteiger partial charge in [0.15, 0.2) is 0 Å². The van der Waals surface area contributed by atoms with E-state index in [0.29, 0.717) is 11.5 Å². The second kappa shape index (κ2) is 7.18. The van der Waals surface area contributed by atoms with Gasteiger partial charge in [-0.1, -0.05) is 24.0 Å². The Hall–Kier alpha value is -2.20. The third-order valence-corrected chi connectivity index (χ3v) is 3.98. The molecule has 2 aromatic rings. The molecule has 1 unspecified atom stereocenters. The smallest absolute Gasteiger partial charge is 0.280 e. The lowest BCUT2D eigenvalue weighted by Crippen LogP contribution is -2.64. The van der Waals surface area contributed by atoms with Crippen molar-refractivity contribution in [2.24, 2.45) is 0 Å². The SMILES string of the molecule is CC(C#Cc1ccc(Cc2ccc(F)cc2)s1)N(O)C([NH3+])=O. The zero-order valence-electron chi connectivity index (χ0n) is 12.0. The van der Waals surface area contributed by atoms with Crippen molar-refractivity contribution in [1.29, 1.82) is 0 Å². The molecule has 0 saturated heterocycles. The van der Waals surface area contributed by atoms with Crippen LogP contribution in [0, 0.1) is 17.7 Å². The van der Waals surface area contributed by atoms with E-state index in [2.05, 4.69) is 17.6 Å². The number of carbonyl (C=O) groups excluding carboxylic acids is 1. The van der Waals surface area contributed by atoms with Gasteiger partial charge in [-0.15, -0.1) is 11.3 Å². The van der Waals surface area contributed by atoms with E-state index in [-0.39, 0.29) is 5.82 Å². The molecule has 0 fully saturated rings. The van der Waals surface area contributed by atoms with E-state index in [1.807, 2.05) is 12.1 Å². The number of urea groups is 1. The second-order valence-electron chi connectivity index (χ2n) is 4.75. The summed E-state index contributed by atoms with van der Waals surface area (Å²) in [6.07, 6.45) is 0.714. The van der Waals surface area contributed by atoms with Crippen LogP contribution in [-0.4, -0.2) is 22.3 Å². The van der Waals surface area contributed by atoms with Crippen molar-refractivity contribution in [3.05, 3.63) is 57.5 Å². The van der Waals surface area contributed by atoms with Crippen LogP contribution in [0.1, 0.15) is 22.2 Å². The van der Waals surface area contributed by atoms with Gasteiger partial charge >= 0.3 is 6.03 Å². The summed E-state index contributed by atoms with van der Waals surface area (Å²) in [5, 5.41) is 9.89. The second-order valence-corrected chi connectivity index (χ2v) is 5.92. The van der Waals surface area contributed by atoms with Gasteiger partial charge in [0.05, 0.1) is 4.88 Å². The fourth-order valence-corrected chi connectivity index (χ4v) is 2.70. The van der Waals surface area contributed by atoms with E-state index >= 15 is 0 Å². The monoisotopic (exact) mass is 319 g/mol. The maximum absolute atomic E-state index is 12.9. The number of carbonyl (C=O) groups is 1. The van der Waals surface area contributed by atoms with Crippen molar-refractivity contribution in [2.75, 3.05) is 0 Å². The third kappa shape index (κ3) is 4.40. The zero-order valence-corrected chi connectivity index (χ0v) is 12.9. The molecule has 22 heavy (non-hydrogen) atoms. The summed E-state index contributed by atoms with van der Waals surface area (Å²) < 4.78 is 12.9. The van der Waals surface area contributed by atoms with Gasteiger partial charge < -0.3 is 0 Å². The van der Waals surface area contributed by atoms with Crippen molar-refractivity contribution in [3.63, 3.8) is 0 Å². The Morgan fingerprint density at radius 2 is 2.05 bits per heavy atom. The van der Waals surface area contributed by atoms with Crippen LogP contribution >= 0.6 is 11.3 Å². The predicted octanol–water partition coefficient (Wildman–Crippen LogP) is 2.27. The van der Waals surface area contributed by atoms with Crippen LogP contribution in [0.25, 0.3) is 0 Å². The number of quaternary nitrogens is 1. The molecule has 1 aromatic carbocycles. The first-order valence-corrected chi connectivity index (χ1v) is 7.46. The molecule has 0 aliphatic heterocycles. The summed E-state index contributed by atoms with van der Waals surface area (Å²) in [6, 6.07) is 8.94. The Balaban J connectivity index is 2.03. The van der Waals surface area contributed by atoms with Crippen molar-refractivity contribution < 1.29 is 20.1 Å². The van der Waals surface area contributed by atoms with Crippen LogP contribution in [0.2, 0.25) is 0 Å². The topological polar surface area (TPSA) is 68.2 Å². The Kier molecular flexibility index (Phi) is 5.28. The predicted molar refractivity (Wildman–Crippen MR) is 81.8 cm³/mol. The van der Waals surface area contributed by atoms with E-state index < -0.39 is 12.1 Å². The van der Waals surface area contributed by atoms with Crippen molar-refractivity contribution in [3.8, 4) is 11.8 Å². The van der Waals surface area contributed by atoms with Gasteiger partial charge in [-0.2, -0.15) is 5.06 Å². The normalized spacial score (nSPS) is 11.5.